The Balaban J connectivity index is 1.62. The van der Waals surface area contributed by atoms with Crippen molar-refractivity contribution in [2.75, 3.05) is 24.8 Å². The molecule has 142 valence electrons. The van der Waals surface area contributed by atoms with Gasteiger partial charge in [0.15, 0.2) is 0 Å². The first-order valence-corrected chi connectivity index (χ1v) is 9.47. The second-order valence-electron chi connectivity index (χ2n) is 6.13. The summed E-state index contributed by atoms with van der Waals surface area (Å²) >= 11 is 1.37. The highest BCUT2D eigenvalue weighted by molar-refractivity contribution is 8.00. The van der Waals surface area contributed by atoms with Crippen molar-refractivity contribution in [3.63, 3.8) is 0 Å². The van der Waals surface area contributed by atoms with Gasteiger partial charge >= 0.3 is 0 Å². The Morgan fingerprint density at radius 1 is 1.37 bits per heavy atom. The van der Waals surface area contributed by atoms with Crippen LogP contribution in [0.15, 0.2) is 42.6 Å². The molecule has 1 N–H and O–H groups in total. The van der Waals surface area contributed by atoms with Gasteiger partial charge in [-0.05, 0) is 24.1 Å². The second kappa shape index (κ2) is 8.39. The molecule has 1 aliphatic rings. The largest absolute Gasteiger partial charge is 0.481 e. The van der Waals surface area contributed by atoms with Crippen molar-refractivity contribution in [1.82, 2.24) is 10.3 Å². The van der Waals surface area contributed by atoms with Gasteiger partial charge in [-0.15, -0.1) is 11.8 Å². The molecular formula is C19H20FN3O3S. The lowest BCUT2D eigenvalue weighted by Crippen LogP contribution is -2.55. The van der Waals surface area contributed by atoms with Crippen molar-refractivity contribution >= 4 is 29.3 Å². The standard InChI is InChI=1S/C19H20FN3O3S/c1-23(13-7-8-17(26-2)21-10-13)19(25)15-11-27-16(18(24)22-15)9-12-5-3-4-6-14(12)20/h3-8,10,15-16H,9,11H2,1-2H3,(H,22,24)/t15-,16+/m0/s1. The van der Waals surface area contributed by atoms with E-state index in [1.807, 2.05) is 0 Å². The summed E-state index contributed by atoms with van der Waals surface area (Å²) in [7, 11) is 3.15. The molecule has 0 bridgehead atoms. The molecule has 2 heterocycles. The van der Waals surface area contributed by atoms with E-state index in [4.69, 9.17) is 4.74 Å². The number of methoxy groups -OCH3 is 1. The Morgan fingerprint density at radius 2 is 2.15 bits per heavy atom. The van der Waals surface area contributed by atoms with Gasteiger partial charge in [0, 0.05) is 18.9 Å². The predicted molar refractivity (Wildman–Crippen MR) is 102 cm³/mol. The minimum absolute atomic E-state index is 0.229. The summed E-state index contributed by atoms with van der Waals surface area (Å²) in [6, 6.07) is 9.17. The van der Waals surface area contributed by atoms with E-state index < -0.39 is 11.3 Å². The summed E-state index contributed by atoms with van der Waals surface area (Å²) in [5, 5.41) is 2.34. The van der Waals surface area contributed by atoms with Crippen molar-refractivity contribution in [2.45, 2.75) is 17.7 Å². The summed E-state index contributed by atoms with van der Waals surface area (Å²) in [5.74, 6) is 0.0756. The maximum Gasteiger partial charge on any atom is 0.250 e. The van der Waals surface area contributed by atoms with Gasteiger partial charge in [0.25, 0.3) is 0 Å². The molecule has 1 aliphatic heterocycles. The number of halogens is 1. The summed E-state index contributed by atoms with van der Waals surface area (Å²) in [5.41, 5.74) is 1.10. The Kier molecular flexibility index (Phi) is 5.95. The zero-order valence-corrected chi connectivity index (χ0v) is 15.8. The number of carbonyl (C=O) groups excluding carboxylic acids is 2. The number of pyridine rings is 1. The van der Waals surface area contributed by atoms with E-state index in [-0.39, 0.29) is 17.6 Å². The average Bonchev–Trinajstić information content (AvgIpc) is 2.70. The number of thioether (sulfide) groups is 1. The first-order chi connectivity index (χ1) is 13.0. The molecule has 0 spiro atoms. The summed E-state index contributed by atoms with van der Waals surface area (Å²) in [6.07, 6.45) is 1.83. The van der Waals surface area contributed by atoms with Gasteiger partial charge in [-0.25, -0.2) is 9.37 Å². The Morgan fingerprint density at radius 3 is 2.78 bits per heavy atom. The Hall–Kier alpha value is -2.61. The molecule has 3 rings (SSSR count). The molecule has 0 unspecified atom stereocenters. The molecule has 2 atom stereocenters. The minimum atomic E-state index is -0.633. The monoisotopic (exact) mass is 389 g/mol. The zero-order chi connectivity index (χ0) is 19.4. The lowest BCUT2D eigenvalue weighted by atomic mass is 10.1. The number of anilines is 1. The van der Waals surface area contributed by atoms with Crippen molar-refractivity contribution in [3.8, 4) is 5.88 Å². The number of nitrogens with zero attached hydrogens (tertiary/aromatic N) is 2. The summed E-state index contributed by atoms with van der Waals surface area (Å²) in [6.45, 7) is 0. The van der Waals surface area contributed by atoms with Crippen LogP contribution in [-0.4, -0.2) is 48.0 Å². The third kappa shape index (κ3) is 4.39. The molecule has 27 heavy (non-hydrogen) atoms. The number of hydrogen-bond donors (Lipinski definition) is 1. The third-order valence-electron chi connectivity index (χ3n) is 4.38. The number of nitrogens with one attached hydrogen (secondary N) is 1. The Labute approximate surface area is 161 Å². The predicted octanol–water partition coefficient (Wildman–Crippen LogP) is 2.04. The number of likely N-dealkylation sites (N-methyl/N-ethyl adjacent to an activating group) is 1. The van der Waals surface area contributed by atoms with Crippen molar-refractivity contribution in [3.05, 3.63) is 54.0 Å². The van der Waals surface area contributed by atoms with Gasteiger partial charge in [-0.1, -0.05) is 18.2 Å². The van der Waals surface area contributed by atoms with Crippen LogP contribution in [0.1, 0.15) is 5.56 Å². The van der Waals surface area contributed by atoms with Gasteiger partial charge in [-0.3, -0.25) is 9.59 Å². The van der Waals surface area contributed by atoms with Crippen molar-refractivity contribution < 1.29 is 18.7 Å². The SMILES string of the molecule is COc1ccc(N(C)C(=O)[C@@H]2CS[C@H](Cc3ccccc3F)C(=O)N2)cn1. The number of rotatable bonds is 5. The van der Waals surface area contributed by atoms with Crippen LogP contribution < -0.4 is 15.0 Å². The molecule has 2 amide bonds. The molecule has 0 aliphatic carbocycles. The average molecular weight is 389 g/mol. The van der Waals surface area contributed by atoms with E-state index in [1.165, 1.54) is 36.0 Å². The highest BCUT2D eigenvalue weighted by Gasteiger charge is 2.34. The van der Waals surface area contributed by atoms with Gasteiger partial charge in [0.2, 0.25) is 17.7 Å². The molecule has 6 nitrogen and oxygen atoms in total. The number of carbonyl (C=O) groups is 2. The topological polar surface area (TPSA) is 71.5 Å². The number of amides is 2. The number of ether oxygens (including phenoxy) is 1. The van der Waals surface area contributed by atoms with Crippen LogP contribution in [0.25, 0.3) is 0 Å². The molecule has 1 aromatic carbocycles. The Bertz CT molecular complexity index is 831. The molecule has 1 fully saturated rings. The second-order valence-corrected chi connectivity index (χ2v) is 7.37. The highest BCUT2D eigenvalue weighted by atomic mass is 32.2. The van der Waals surface area contributed by atoms with Gasteiger partial charge in [-0.2, -0.15) is 0 Å². The van der Waals surface area contributed by atoms with Crippen LogP contribution in [0.5, 0.6) is 5.88 Å². The molecule has 8 heteroatoms. The third-order valence-corrected chi connectivity index (χ3v) is 5.69. The fraction of sp³-hybridized carbons (Fsp3) is 0.316. The number of aromatic nitrogens is 1. The van der Waals surface area contributed by atoms with Crippen LogP contribution >= 0.6 is 11.8 Å². The fourth-order valence-corrected chi connectivity index (χ4v) is 3.96. The molecular weight excluding hydrogens is 369 g/mol. The quantitative estimate of drug-likeness (QED) is 0.847. The molecule has 2 aromatic rings. The van der Waals surface area contributed by atoms with Crippen molar-refractivity contribution in [1.29, 1.82) is 0 Å². The van der Waals surface area contributed by atoms with Gasteiger partial charge in [0.05, 0.1) is 24.2 Å². The lowest BCUT2D eigenvalue weighted by Gasteiger charge is -2.30. The summed E-state index contributed by atoms with van der Waals surface area (Å²) < 4.78 is 18.8. The highest BCUT2D eigenvalue weighted by Crippen LogP contribution is 2.25. The van der Waals surface area contributed by atoms with Crippen LogP contribution in [0.3, 0.4) is 0 Å². The fourth-order valence-electron chi connectivity index (χ4n) is 2.80. The van der Waals surface area contributed by atoms with Crippen LogP contribution in [0.2, 0.25) is 0 Å². The summed E-state index contributed by atoms with van der Waals surface area (Å²) in [4.78, 5) is 30.6. The van der Waals surface area contributed by atoms with E-state index in [1.54, 1.807) is 37.4 Å². The van der Waals surface area contributed by atoms with E-state index in [0.29, 0.717) is 29.3 Å². The first kappa shape index (κ1) is 19.2. The molecule has 1 saturated heterocycles. The maximum absolute atomic E-state index is 13.8. The minimum Gasteiger partial charge on any atom is -0.481 e. The number of benzene rings is 1. The van der Waals surface area contributed by atoms with Crippen molar-refractivity contribution in [2.24, 2.45) is 0 Å². The van der Waals surface area contributed by atoms with E-state index in [2.05, 4.69) is 10.3 Å². The van der Waals surface area contributed by atoms with Crippen LogP contribution in [0.4, 0.5) is 10.1 Å². The van der Waals surface area contributed by atoms with E-state index in [9.17, 15) is 14.0 Å². The molecule has 0 radical (unpaired) electrons. The molecule has 0 saturated carbocycles. The van der Waals surface area contributed by atoms with Gasteiger partial charge < -0.3 is 15.0 Å². The lowest BCUT2D eigenvalue weighted by molar-refractivity contribution is -0.127. The van der Waals surface area contributed by atoms with Crippen LogP contribution in [0, 0.1) is 5.82 Å². The maximum atomic E-state index is 13.8. The number of hydrogen-bond acceptors (Lipinski definition) is 5. The van der Waals surface area contributed by atoms with E-state index in [0.717, 1.165) is 0 Å². The zero-order valence-electron chi connectivity index (χ0n) is 15.0. The smallest absolute Gasteiger partial charge is 0.250 e. The normalized spacial score (nSPS) is 19.3. The van der Waals surface area contributed by atoms with Crippen LogP contribution in [-0.2, 0) is 16.0 Å². The molecule has 1 aromatic heterocycles. The first-order valence-electron chi connectivity index (χ1n) is 8.42. The van der Waals surface area contributed by atoms with E-state index >= 15 is 0 Å². The van der Waals surface area contributed by atoms with Gasteiger partial charge in [0.1, 0.15) is 11.9 Å².